The molecule has 186 valence electrons. The molecule has 1 N–H and O–H groups in total. The molecule has 0 saturated carbocycles. The number of para-hydroxylation sites is 1. The molecule has 0 aromatic heterocycles. The van der Waals surface area contributed by atoms with Crippen molar-refractivity contribution >= 4 is 43.5 Å². The van der Waals surface area contributed by atoms with E-state index in [0.29, 0.717) is 16.6 Å². The third-order valence-corrected chi connectivity index (χ3v) is 7.46. The average molecular weight is 553 g/mol. The van der Waals surface area contributed by atoms with Crippen LogP contribution in [0.2, 0.25) is 0 Å². The number of carbonyl (C=O) groups is 2. The SMILES string of the molecule is CC[C@@H](C)NC(=O)[C@H](CC)N(Cc1ccc(C)cc1)C(=O)CN(c1ccccc1Br)S(C)(=O)=O. The Balaban J connectivity index is 2.44. The van der Waals surface area contributed by atoms with Gasteiger partial charge in [0, 0.05) is 17.1 Å². The lowest BCUT2D eigenvalue weighted by Gasteiger charge is -2.33. The third kappa shape index (κ3) is 7.56. The number of carbonyl (C=O) groups excluding carboxylic acids is 2. The Labute approximate surface area is 211 Å². The van der Waals surface area contributed by atoms with Crippen molar-refractivity contribution in [2.24, 2.45) is 0 Å². The van der Waals surface area contributed by atoms with Crippen molar-refractivity contribution in [2.75, 3.05) is 17.1 Å². The number of aryl methyl sites for hydroxylation is 1. The monoisotopic (exact) mass is 551 g/mol. The molecule has 2 atom stereocenters. The van der Waals surface area contributed by atoms with E-state index in [-0.39, 0.29) is 18.5 Å². The first-order valence-electron chi connectivity index (χ1n) is 11.4. The highest BCUT2D eigenvalue weighted by atomic mass is 79.9. The maximum atomic E-state index is 13.6. The number of anilines is 1. The summed E-state index contributed by atoms with van der Waals surface area (Å²) in [6, 6.07) is 13.8. The van der Waals surface area contributed by atoms with Crippen molar-refractivity contribution in [3.63, 3.8) is 0 Å². The van der Waals surface area contributed by atoms with E-state index < -0.39 is 28.5 Å². The van der Waals surface area contributed by atoms with Gasteiger partial charge in [-0.15, -0.1) is 0 Å². The molecule has 0 heterocycles. The first-order chi connectivity index (χ1) is 16.0. The van der Waals surface area contributed by atoms with Crippen LogP contribution in [0.5, 0.6) is 0 Å². The van der Waals surface area contributed by atoms with Crippen molar-refractivity contribution in [2.45, 2.75) is 59.2 Å². The van der Waals surface area contributed by atoms with Crippen LogP contribution >= 0.6 is 15.9 Å². The van der Waals surface area contributed by atoms with E-state index in [9.17, 15) is 18.0 Å². The highest BCUT2D eigenvalue weighted by Crippen LogP contribution is 2.28. The lowest BCUT2D eigenvalue weighted by atomic mass is 10.1. The average Bonchev–Trinajstić information content (AvgIpc) is 2.78. The lowest BCUT2D eigenvalue weighted by molar-refractivity contribution is -0.140. The molecular formula is C25H34BrN3O4S. The maximum Gasteiger partial charge on any atom is 0.244 e. The molecule has 0 radical (unpaired) electrons. The summed E-state index contributed by atoms with van der Waals surface area (Å²) >= 11 is 3.38. The standard InChI is InChI=1S/C25H34BrN3O4S/c1-6-19(4)27-25(31)22(7-2)28(16-20-14-12-18(3)13-15-20)24(30)17-29(34(5,32)33)23-11-9-8-10-21(23)26/h8-15,19,22H,6-7,16-17H2,1-5H3,(H,27,31)/t19-,22+/m1/s1. The van der Waals surface area contributed by atoms with Gasteiger partial charge in [0.1, 0.15) is 12.6 Å². The summed E-state index contributed by atoms with van der Waals surface area (Å²) < 4.78 is 26.9. The Morgan fingerprint density at radius 3 is 2.18 bits per heavy atom. The molecule has 2 aromatic carbocycles. The van der Waals surface area contributed by atoms with E-state index in [1.54, 1.807) is 24.3 Å². The molecular weight excluding hydrogens is 518 g/mol. The van der Waals surface area contributed by atoms with Gasteiger partial charge in [-0.2, -0.15) is 0 Å². The zero-order valence-corrected chi connectivity index (χ0v) is 22.8. The Kier molecular flexibility index (Phi) is 10.1. The van der Waals surface area contributed by atoms with Crippen molar-refractivity contribution in [3.8, 4) is 0 Å². The summed E-state index contributed by atoms with van der Waals surface area (Å²) in [4.78, 5) is 28.2. The molecule has 0 fully saturated rings. The molecule has 2 amide bonds. The van der Waals surface area contributed by atoms with E-state index in [4.69, 9.17) is 0 Å². The van der Waals surface area contributed by atoms with E-state index in [0.717, 1.165) is 28.1 Å². The topological polar surface area (TPSA) is 86.8 Å². The van der Waals surface area contributed by atoms with Gasteiger partial charge in [0.25, 0.3) is 0 Å². The van der Waals surface area contributed by atoms with Crippen LogP contribution in [-0.4, -0.2) is 50.0 Å². The molecule has 0 aliphatic rings. The van der Waals surface area contributed by atoms with E-state index >= 15 is 0 Å². The van der Waals surface area contributed by atoms with Gasteiger partial charge in [-0.25, -0.2) is 8.42 Å². The molecule has 2 rings (SSSR count). The second-order valence-electron chi connectivity index (χ2n) is 8.47. The number of rotatable bonds is 11. The van der Waals surface area contributed by atoms with Crippen LogP contribution in [0, 0.1) is 6.92 Å². The fraction of sp³-hybridized carbons (Fsp3) is 0.440. The first kappa shape index (κ1) is 27.9. The van der Waals surface area contributed by atoms with Crippen LogP contribution in [0.25, 0.3) is 0 Å². The quantitative estimate of drug-likeness (QED) is 0.452. The molecule has 0 bridgehead atoms. The highest BCUT2D eigenvalue weighted by Gasteiger charge is 2.32. The van der Waals surface area contributed by atoms with Crippen LogP contribution in [-0.2, 0) is 26.2 Å². The fourth-order valence-electron chi connectivity index (χ4n) is 3.50. The van der Waals surface area contributed by atoms with Crippen molar-refractivity contribution in [1.29, 1.82) is 0 Å². The Morgan fingerprint density at radius 2 is 1.65 bits per heavy atom. The van der Waals surface area contributed by atoms with Crippen molar-refractivity contribution in [3.05, 3.63) is 64.1 Å². The summed E-state index contributed by atoms with van der Waals surface area (Å²) in [5.74, 6) is -0.697. The van der Waals surface area contributed by atoms with Gasteiger partial charge in [0.15, 0.2) is 0 Å². The van der Waals surface area contributed by atoms with Crippen LogP contribution < -0.4 is 9.62 Å². The second-order valence-corrected chi connectivity index (χ2v) is 11.2. The summed E-state index contributed by atoms with van der Waals surface area (Å²) in [7, 11) is -3.77. The normalized spacial score (nSPS) is 13.1. The minimum Gasteiger partial charge on any atom is -0.352 e. The summed E-state index contributed by atoms with van der Waals surface area (Å²) in [6.07, 6.45) is 2.22. The second kappa shape index (κ2) is 12.4. The maximum absolute atomic E-state index is 13.6. The third-order valence-electron chi connectivity index (χ3n) is 5.66. The molecule has 0 aliphatic carbocycles. The zero-order valence-electron chi connectivity index (χ0n) is 20.4. The van der Waals surface area contributed by atoms with Crippen molar-refractivity contribution < 1.29 is 18.0 Å². The molecule has 0 aliphatic heterocycles. The molecule has 7 nitrogen and oxygen atoms in total. The van der Waals surface area contributed by atoms with Gasteiger partial charge in [0.2, 0.25) is 21.8 Å². The summed E-state index contributed by atoms with van der Waals surface area (Å²) in [5, 5.41) is 2.96. The van der Waals surface area contributed by atoms with E-state index in [1.165, 1.54) is 4.90 Å². The number of amides is 2. The first-order valence-corrected chi connectivity index (χ1v) is 14.0. The summed E-state index contributed by atoms with van der Waals surface area (Å²) in [5.41, 5.74) is 2.31. The fourth-order valence-corrected chi connectivity index (χ4v) is 4.98. The van der Waals surface area contributed by atoms with E-state index in [2.05, 4.69) is 21.2 Å². The van der Waals surface area contributed by atoms with Crippen molar-refractivity contribution in [1.82, 2.24) is 10.2 Å². The summed E-state index contributed by atoms with van der Waals surface area (Å²) in [6.45, 7) is 7.48. The molecule has 0 spiro atoms. The van der Waals surface area contributed by atoms with Crippen LogP contribution in [0.1, 0.15) is 44.7 Å². The number of sulfonamides is 1. The largest absolute Gasteiger partial charge is 0.352 e. The number of halogens is 1. The lowest BCUT2D eigenvalue weighted by Crippen LogP contribution is -2.53. The van der Waals surface area contributed by atoms with Crippen LogP contribution in [0.15, 0.2) is 53.0 Å². The van der Waals surface area contributed by atoms with Gasteiger partial charge in [-0.05, 0) is 60.3 Å². The van der Waals surface area contributed by atoms with Crippen LogP contribution in [0.4, 0.5) is 5.69 Å². The molecule has 34 heavy (non-hydrogen) atoms. The number of benzene rings is 2. The molecule has 9 heteroatoms. The number of nitrogens with one attached hydrogen (secondary N) is 1. The van der Waals surface area contributed by atoms with Gasteiger partial charge in [0.05, 0.1) is 11.9 Å². The zero-order chi connectivity index (χ0) is 25.5. The van der Waals surface area contributed by atoms with Crippen LogP contribution in [0.3, 0.4) is 0 Å². The minimum absolute atomic E-state index is 0.0364. The Morgan fingerprint density at radius 1 is 1.03 bits per heavy atom. The predicted octanol–water partition coefficient (Wildman–Crippen LogP) is 4.25. The van der Waals surface area contributed by atoms with Gasteiger partial charge in [-0.3, -0.25) is 13.9 Å². The molecule has 2 aromatic rings. The molecule has 0 saturated heterocycles. The van der Waals surface area contributed by atoms with Gasteiger partial charge in [-0.1, -0.05) is 55.8 Å². The Hall–Kier alpha value is -2.39. The minimum atomic E-state index is -3.77. The van der Waals surface area contributed by atoms with E-state index in [1.807, 2.05) is 52.0 Å². The highest BCUT2D eigenvalue weighted by molar-refractivity contribution is 9.10. The Bertz CT molecular complexity index is 1090. The number of hydrogen-bond acceptors (Lipinski definition) is 4. The number of hydrogen-bond donors (Lipinski definition) is 1. The molecule has 0 unspecified atom stereocenters. The van der Waals surface area contributed by atoms with Gasteiger partial charge >= 0.3 is 0 Å². The number of nitrogens with zero attached hydrogens (tertiary/aromatic N) is 2. The smallest absolute Gasteiger partial charge is 0.244 e. The van der Waals surface area contributed by atoms with Gasteiger partial charge < -0.3 is 10.2 Å². The predicted molar refractivity (Wildman–Crippen MR) is 140 cm³/mol.